The second-order valence-corrected chi connectivity index (χ2v) is 8.38. The number of aromatic nitrogens is 1. The van der Waals surface area contributed by atoms with Gasteiger partial charge in [-0.3, -0.25) is 0 Å². The Hall–Kier alpha value is -3.45. The summed E-state index contributed by atoms with van der Waals surface area (Å²) in [6.45, 7) is -0.00128. The number of benzene rings is 2. The average Bonchev–Trinajstić information content (AvgIpc) is 3.05. The normalized spacial score (nSPS) is 12.8. The Morgan fingerprint density at radius 1 is 1.09 bits per heavy atom. The number of anilines is 1. The molecule has 0 bridgehead atoms. The topological polar surface area (TPSA) is 80.2 Å². The number of nitrogens with one attached hydrogen (secondary N) is 2. The molecule has 6 nitrogen and oxygen atoms in total. The summed E-state index contributed by atoms with van der Waals surface area (Å²) >= 11 is 0. The van der Waals surface area contributed by atoms with Gasteiger partial charge in [0.15, 0.2) is 11.6 Å². The van der Waals surface area contributed by atoms with E-state index in [9.17, 15) is 23.2 Å². The molecule has 1 radical (unpaired) electrons. The molecular formula is C22H16BF2N3O3P. The number of fused-ring (bicyclic) bond motifs is 1. The van der Waals surface area contributed by atoms with Gasteiger partial charge in [0, 0.05) is 0 Å². The molecule has 0 aliphatic carbocycles. The van der Waals surface area contributed by atoms with Crippen LogP contribution in [0.4, 0.5) is 14.5 Å². The van der Waals surface area contributed by atoms with E-state index in [1.54, 1.807) is 18.2 Å². The minimum atomic E-state index is -1.00. The van der Waals surface area contributed by atoms with E-state index in [1.807, 2.05) is 6.07 Å². The number of hydrogen-bond acceptors (Lipinski definition) is 3. The Kier molecular flexibility index (Phi) is 6.10. The van der Waals surface area contributed by atoms with Gasteiger partial charge >= 0.3 is 140 Å². The molecule has 1 unspecified atom stereocenters. The van der Waals surface area contributed by atoms with Crippen LogP contribution < -0.4 is 21.5 Å². The first kappa shape index (κ1) is 21.8. The summed E-state index contributed by atoms with van der Waals surface area (Å²) < 4.78 is 27.8. The number of carbonyl (C=O) groups excluding carboxylic acids is 2. The fourth-order valence-corrected chi connectivity index (χ4v) is 4.19. The van der Waals surface area contributed by atoms with Crippen LogP contribution in [0.25, 0.3) is 0 Å². The summed E-state index contributed by atoms with van der Waals surface area (Å²) in [6, 6.07) is 11.7. The zero-order valence-corrected chi connectivity index (χ0v) is 17.6. The van der Waals surface area contributed by atoms with E-state index in [0.29, 0.717) is 16.8 Å². The number of pyridine rings is 1. The third-order valence-corrected chi connectivity index (χ3v) is 6.02. The van der Waals surface area contributed by atoms with Gasteiger partial charge in [0.2, 0.25) is 0 Å². The van der Waals surface area contributed by atoms with Gasteiger partial charge in [-0.15, -0.1) is 0 Å². The first-order valence-corrected chi connectivity index (χ1v) is 10.8. The SMILES string of the molecule is [B]=C1C(=O)Nc2ccc(PCNC(=O)c3cccn(Cc4ccc(F)c(F)c4)c3=O)cc21. The molecule has 1 atom stereocenters. The first-order chi connectivity index (χ1) is 15.3. The molecule has 2 aromatic carbocycles. The predicted octanol–water partition coefficient (Wildman–Crippen LogP) is 1.51. The summed E-state index contributed by atoms with van der Waals surface area (Å²) in [5.74, 6) is -2.85. The number of hydrogen-bond donors (Lipinski definition) is 2. The van der Waals surface area contributed by atoms with Crippen LogP contribution >= 0.6 is 8.58 Å². The quantitative estimate of drug-likeness (QED) is 0.442. The van der Waals surface area contributed by atoms with E-state index in [1.165, 1.54) is 22.9 Å². The van der Waals surface area contributed by atoms with Crippen molar-refractivity contribution in [2.45, 2.75) is 6.54 Å². The maximum atomic E-state index is 13.4. The van der Waals surface area contributed by atoms with Crippen LogP contribution in [-0.4, -0.2) is 35.6 Å². The van der Waals surface area contributed by atoms with E-state index in [4.69, 9.17) is 7.49 Å². The van der Waals surface area contributed by atoms with E-state index < -0.39 is 23.1 Å². The van der Waals surface area contributed by atoms with Crippen LogP contribution in [0.15, 0.2) is 59.5 Å². The number of amides is 2. The van der Waals surface area contributed by atoms with Crippen molar-refractivity contribution in [1.82, 2.24) is 9.88 Å². The Bertz CT molecular complexity index is 1330. The zero-order valence-electron chi connectivity index (χ0n) is 16.6. The molecule has 0 fully saturated rings. The molecule has 2 N–H and O–H groups in total. The minimum absolute atomic E-state index is 0.00128. The van der Waals surface area contributed by atoms with Crippen molar-refractivity contribution in [3.05, 3.63) is 93.4 Å². The van der Waals surface area contributed by atoms with Crippen LogP contribution in [-0.2, 0) is 11.3 Å². The second-order valence-electron chi connectivity index (χ2n) is 7.09. The molecule has 159 valence electrons. The van der Waals surface area contributed by atoms with Crippen molar-refractivity contribution in [3.63, 3.8) is 0 Å². The van der Waals surface area contributed by atoms with Gasteiger partial charge < -0.3 is 0 Å². The van der Waals surface area contributed by atoms with Crippen LogP contribution in [0.3, 0.4) is 0 Å². The number of carbonyl (C=O) groups is 2. The maximum absolute atomic E-state index is 13.4. The van der Waals surface area contributed by atoms with Gasteiger partial charge in [0.05, 0.1) is 0 Å². The van der Waals surface area contributed by atoms with Crippen molar-refractivity contribution in [1.29, 1.82) is 0 Å². The summed E-state index contributed by atoms with van der Waals surface area (Å²) in [7, 11) is 5.97. The Balaban J connectivity index is 1.41. The van der Waals surface area contributed by atoms with Gasteiger partial charge in [0.1, 0.15) is 0 Å². The molecule has 2 heterocycles. The Morgan fingerprint density at radius 3 is 2.69 bits per heavy atom. The van der Waals surface area contributed by atoms with Gasteiger partial charge in [0.25, 0.3) is 0 Å². The fourth-order valence-electron chi connectivity index (χ4n) is 3.29. The average molecular weight is 450 g/mol. The number of nitrogens with zero attached hydrogens (tertiary/aromatic N) is 1. The fraction of sp³-hybridized carbons (Fsp3) is 0.0909. The van der Waals surface area contributed by atoms with Crippen LogP contribution in [0.5, 0.6) is 0 Å². The van der Waals surface area contributed by atoms with E-state index in [2.05, 4.69) is 10.6 Å². The molecule has 3 aromatic rings. The van der Waals surface area contributed by atoms with Crippen LogP contribution in [0, 0.1) is 11.6 Å². The van der Waals surface area contributed by atoms with Crippen molar-refractivity contribution >= 4 is 44.3 Å². The van der Waals surface area contributed by atoms with Crippen molar-refractivity contribution in [3.8, 4) is 0 Å². The van der Waals surface area contributed by atoms with Gasteiger partial charge in [-0.1, -0.05) is 6.07 Å². The molecule has 0 saturated heterocycles. The zero-order chi connectivity index (χ0) is 22.8. The van der Waals surface area contributed by atoms with Gasteiger partial charge in [-0.05, 0) is 17.7 Å². The molecule has 32 heavy (non-hydrogen) atoms. The van der Waals surface area contributed by atoms with E-state index in [0.717, 1.165) is 17.4 Å². The number of rotatable bonds is 6. The molecule has 0 saturated carbocycles. The van der Waals surface area contributed by atoms with Crippen LogP contribution in [0.1, 0.15) is 21.5 Å². The molecule has 4 rings (SSSR count). The monoisotopic (exact) mass is 450 g/mol. The summed E-state index contributed by atoms with van der Waals surface area (Å²) in [6.07, 6.45) is 1.76. The molecule has 1 aliphatic heterocycles. The molecule has 1 aliphatic rings. The molecule has 10 heteroatoms. The predicted molar refractivity (Wildman–Crippen MR) is 121 cm³/mol. The van der Waals surface area contributed by atoms with Crippen LogP contribution in [0.2, 0.25) is 0 Å². The van der Waals surface area contributed by atoms with Crippen molar-refractivity contribution in [2.24, 2.45) is 0 Å². The second kappa shape index (κ2) is 8.97. The number of halogens is 2. The molecule has 2 amide bonds. The van der Waals surface area contributed by atoms with Gasteiger partial charge in [-0.25, -0.2) is 8.78 Å². The van der Waals surface area contributed by atoms with Crippen molar-refractivity contribution < 1.29 is 18.4 Å². The Morgan fingerprint density at radius 2 is 1.91 bits per heavy atom. The summed E-state index contributed by atoms with van der Waals surface area (Å²) in [5, 5.41) is 6.27. The summed E-state index contributed by atoms with van der Waals surface area (Å²) in [4.78, 5) is 36.8. The molecule has 0 spiro atoms. The third-order valence-electron chi connectivity index (χ3n) is 4.95. The molecule has 1 aromatic heterocycles. The van der Waals surface area contributed by atoms with Crippen molar-refractivity contribution in [2.75, 3.05) is 11.6 Å². The third kappa shape index (κ3) is 4.43. The summed E-state index contributed by atoms with van der Waals surface area (Å²) in [5.41, 5.74) is 1.24. The molecular weight excluding hydrogens is 434 g/mol. The van der Waals surface area contributed by atoms with E-state index in [-0.39, 0.29) is 38.3 Å². The Labute approximate surface area is 184 Å². The van der Waals surface area contributed by atoms with Gasteiger partial charge in [-0.2, -0.15) is 0 Å². The standard InChI is InChI=1S/C22H16BF2N3O3P/c23-19-15-9-13(4-6-18(15)27-21(19)30)32-11-26-20(29)14-2-1-7-28(22(14)31)10-12-3-5-16(24)17(25)8-12/h1-9,32H,10-11H2,(H,26,29)(H,27,30). The first-order valence-electron chi connectivity index (χ1n) is 9.57. The van der Waals surface area contributed by atoms with E-state index >= 15 is 0 Å².